The molecule has 2 atom stereocenters. The van der Waals surface area contributed by atoms with Crippen LogP contribution in [0.5, 0.6) is 5.75 Å². The normalized spacial score (nSPS) is 16.7. The molecule has 1 aliphatic carbocycles. The van der Waals surface area contributed by atoms with Crippen molar-refractivity contribution in [2.75, 3.05) is 11.6 Å². The van der Waals surface area contributed by atoms with Crippen molar-refractivity contribution < 1.29 is 13.3 Å². The second kappa shape index (κ2) is 9.84. The minimum Gasteiger partial charge on any atom is -0.490 e. The Labute approximate surface area is 193 Å². The van der Waals surface area contributed by atoms with Crippen LogP contribution in [0.1, 0.15) is 38.2 Å². The molecule has 1 heterocycles. The van der Waals surface area contributed by atoms with Crippen LogP contribution in [0.4, 0.5) is 16.0 Å². The van der Waals surface area contributed by atoms with Crippen LogP contribution in [0, 0.1) is 11.7 Å². The number of hydrogen-bond acceptors (Lipinski definition) is 6. The van der Waals surface area contributed by atoms with E-state index in [0.717, 1.165) is 18.4 Å². The Kier molecular flexibility index (Phi) is 6.90. The summed E-state index contributed by atoms with van der Waals surface area (Å²) in [6.07, 6.45) is 7.50. The van der Waals surface area contributed by atoms with Gasteiger partial charge in [0.2, 0.25) is 5.95 Å². The zero-order valence-electron chi connectivity index (χ0n) is 18.7. The quantitative estimate of drug-likeness (QED) is 0.500. The van der Waals surface area contributed by atoms with Gasteiger partial charge in [-0.25, -0.2) is 14.4 Å². The molecular weight excluding hydrogens is 441 g/mol. The number of nitrogens with two attached hydrogens (primary N) is 1. The summed E-state index contributed by atoms with van der Waals surface area (Å²) in [6, 6.07) is 11.6. The highest BCUT2D eigenvalue weighted by Gasteiger charge is 2.24. The fraction of sp³-hybridized carbons (Fsp3) is 0.333. The number of nitrogens with one attached hydrogen (secondary N) is 1. The van der Waals surface area contributed by atoms with E-state index in [0.29, 0.717) is 34.7 Å². The fourth-order valence-electron chi connectivity index (χ4n) is 4.08. The van der Waals surface area contributed by atoms with E-state index in [-0.39, 0.29) is 11.9 Å². The Morgan fingerprint density at radius 2 is 2.00 bits per heavy atom. The van der Waals surface area contributed by atoms with Crippen molar-refractivity contribution in [3.05, 3.63) is 60.2 Å². The smallest absolute Gasteiger partial charge is 0.230 e. The van der Waals surface area contributed by atoms with Gasteiger partial charge in [0.1, 0.15) is 17.9 Å². The number of hydrogen-bond donors (Lipinski definition) is 2. The summed E-state index contributed by atoms with van der Waals surface area (Å²) >= 11 is 0. The number of aromatic nitrogens is 3. The molecule has 4 rings (SSSR count). The lowest BCUT2D eigenvalue weighted by molar-refractivity contribution is 0.154. The van der Waals surface area contributed by atoms with Gasteiger partial charge in [-0.05, 0) is 55.5 Å². The first kappa shape index (κ1) is 23.1. The van der Waals surface area contributed by atoms with Crippen molar-refractivity contribution in [1.82, 2.24) is 15.0 Å². The van der Waals surface area contributed by atoms with E-state index >= 15 is 0 Å². The minimum absolute atomic E-state index is 0.0251. The maximum absolute atomic E-state index is 14.0. The van der Waals surface area contributed by atoms with Gasteiger partial charge in [-0.1, -0.05) is 25.0 Å². The average Bonchev–Trinajstić information content (AvgIpc) is 3.28. The van der Waals surface area contributed by atoms with Gasteiger partial charge in [0.25, 0.3) is 0 Å². The van der Waals surface area contributed by atoms with Gasteiger partial charge in [0.15, 0.2) is 5.82 Å². The highest BCUT2D eigenvalue weighted by molar-refractivity contribution is 7.98. The molecule has 0 aliphatic heterocycles. The van der Waals surface area contributed by atoms with Crippen LogP contribution < -0.4 is 15.2 Å². The van der Waals surface area contributed by atoms with Crippen LogP contribution in [-0.2, 0) is 9.71 Å². The van der Waals surface area contributed by atoms with Crippen molar-refractivity contribution in [3.63, 3.8) is 0 Å². The zero-order valence-corrected chi connectivity index (χ0v) is 19.5. The van der Waals surface area contributed by atoms with E-state index in [1.807, 2.05) is 25.1 Å². The second-order valence-electron chi connectivity index (χ2n) is 8.48. The van der Waals surface area contributed by atoms with Crippen LogP contribution in [0.25, 0.3) is 11.4 Å². The van der Waals surface area contributed by atoms with Gasteiger partial charge in [-0.3, -0.25) is 9.35 Å². The maximum atomic E-state index is 14.0. The molecule has 0 amide bonds. The third-order valence-electron chi connectivity index (χ3n) is 5.65. The van der Waals surface area contributed by atoms with Gasteiger partial charge in [-0.2, -0.15) is 4.98 Å². The number of rotatable bonds is 7. The third kappa shape index (κ3) is 6.27. The molecule has 2 aromatic carbocycles. The molecule has 0 spiro atoms. The van der Waals surface area contributed by atoms with E-state index in [9.17, 15) is 8.60 Å². The first-order chi connectivity index (χ1) is 15.8. The van der Waals surface area contributed by atoms with Crippen LogP contribution >= 0.6 is 0 Å². The molecular formula is C24H28FN5O2S. The standard InChI is InChI=1S/C24H28FN5O2S/c1-16(18-7-3-4-8-18)32-22-13-19(25)10-11-21(22)23-27-15-28-24(30-23)29-20-9-5-6-17(12-20)14-33(2,26)31/h5-6,9-16,18H,3-4,7-8H2,1-2H3,(H2,26,31)(H,27,28,29,30). The van der Waals surface area contributed by atoms with Crippen molar-refractivity contribution in [2.45, 2.75) is 38.7 Å². The summed E-state index contributed by atoms with van der Waals surface area (Å²) in [4.78, 5) is 13.0. The van der Waals surface area contributed by atoms with E-state index < -0.39 is 9.71 Å². The van der Waals surface area contributed by atoms with E-state index in [1.165, 1.54) is 42.9 Å². The molecule has 1 aliphatic rings. The van der Waals surface area contributed by atoms with Crippen molar-refractivity contribution in [3.8, 4) is 17.1 Å². The lowest BCUT2D eigenvalue weighted by Gasteiger charge is -2.22. The van der Waals surface area contributed by atoms with Gasteiger partial charge in [-0.15, -0.1) is 0 Å². The largest absolute Gasteiger partial charge is 0.490 e. The number of halogens is 1. The van der Waals surface area contributed by atoms with Crippen molar-refractivity contribution in [2.24, 2.45) is 11.1 Å². The number of nitrogens with zero attached hydrogens (tertiary/aromatic N) is 3. The van der Waals surface area contributed by atoms with Gasteiger partial charge < -0.3 is 10.1 Å². The van der Waals surface area contributed by atoms with Crippen LogP contribution in [0.15, 0.2) is 48.8 Å². The highest BCUT2D eigenvalue weighted by atomic mass is 32.2. The minimum atomic E-state index is -2.52. The summed E-state index contributed by atoms with van der Waals surface area (Å²) in [7, 11) is -2.52. The van der Waals surface area contributed by atoms with Gasteiger partial charge in [0.05, 0.1) is 11.7 Å². The predicted molar refractivity (Wildman–Crippen MR) is 130 cm³/mol. The molecule has 174 valence electrons. The molecule has 1 aromatic heterocycles. The Bertz CT molecular complexity index is 1250. The monoisotopic (exact) mass is 469 g/mol. The topological polar surface area (TPSA) is 103 Å². The number of ether oxygens (including phenoxy) is 1. The van der Waals surface area contributed by atoms with Crippen LogP contribution in [0.3, 0.4) is 0 Å². The molecule has 3 N–H and O–H groups in total. The summed E-state index contributed by atoms with van der Waals surface area (Å²) in [5.74, 6) is 1.21. The van der Waals surface area contributed by atoms with Crippen LogP contribution in [-0.4, -0.2) is 36.9 Å². The third-order valence-corrected chi connectivity index (χ3v) is 6.39. The Morgan fingerprint density at radius 3 is 2.76 bits per heavy atom. The van der Waals surface area contributed by atoms with Crippen molar-refractivity contribution >= 4 is 26.7 Å². The van der Waals surface area contributed by atoms with Gasteiger partial charge in [0, 0.05) is 33.1 Å². The lowest BCUT2D eigenvalue weighted by atomic mass is 10.0. The molecule has 0 radical (unpaired) electrons. The summed E-state index contributed by atoms with van der Waals surface area (Å²) < 4.78 is 32.1. The molecule has 9 heteroatoms. The first-order valence-electron chi connectivity index (χ1n) is 10.9. The zero-order chi connectivity index (χ0) is 23.4. The molecule has 33 heavy (non-hydrogen) atoms. The Morgan fingerprint density at radius 1 is 1.21 bits per heavy atom. The molecule has 2 unspecified atom stereocenters. The molecule has 0 bridgehead atoms. The molecule has 0 saturated heterocycles. The molecule has 1 fully saturated rings. The Balaban J connectivity index is 1.59. The summed E-state index contributed by atoms with van der Waals surface area (Å²) in [6.45, 7) is 2.03. The Hall–Kier alpha value is -3.04. The van der Waals surface area contributed by atoms with Gasteiger partial charge >= 0.3 is 0 Å². The van der Waals surface area contributed by atoms with Crippen molar-refractivity contribution in [1.29, 1.82) is 0 Å². The lowest BCUT2D eigenvalue weighted by Crippen LogP contribution is -2.21. The van der Waals surface area contributed by atoms with Crippen LogP contribution in [0.2, 0.25) is 0 Å². The van der Waals surface area contributed by atoms with E-state index in [4.69, 9.17) is 9.88 Å². The maximum Gasteiger partial charge on any atom is 0.230 e. The predicted octanol–water partition coefficient (Wildman–Crippen LogP) is 4.32. The number of benzene rings is 2. The van der Waals surface area contributed by atoms with E-state index in [2.05, 4.69) is 20.3 Å². The highest BCUT2D eigenvalue weighted by Crippen LogP contribution is 2.34. The summed E-state index contributed by atoms with van der Waals surface area (Å²) in [5, 5.41) is 10.3. The summed E-state index contributed by atoms with van der Waals surface area (Å²) in [5.41, 5.74) is 2.03. The fourth-order valence-corrected chi connectivity index (χ4v) is 4.76. The molecule has 7 nitrogen and oxygen atoms in total. The average molecular weight is 470 g/mol. The molecule has 3 aromatic rings. The SMILES string of the molecule is CC(Oc1cc(F)ccc1-c1ncnc(Nc2cccc(C=S(C)(N)=O)c2)n1)C1CCCC1. The molecule has 1 saturated carbocycles. The second-order valence-corrected chi connectivity index (χ2v) is 10.6. The van der Waals surface area contributed by atoms with E-state index in [1.54, 1.807) is 12.1 Å². The first-order valence-corrected chi connectivity index (χ1v) is 13.0. The number of anilines is 2.